The highest BCUT2D eigenvalue weighted by Gasteiger charge is 2.42. The maximum atomic E-state index is 5.75. The molecule has 5 atom stereocenters. The molecule has 4 fully saturated rings. The Morgan fingerprint density at radius 3 is 2.59 bits per heavy atom. The maximum absolute atomic E-state index is 5.75. The molecule has 1 aromatic rings. The van der Waals surface area contributed by atoms with Crippen LogP contribution in [0.1, 0.15) is 50.5 Å². The van der Waals surface area contributed by atoms with Crippen LogP contribution < -0.4 is 10.6 Å². The zero-order valence-corrected chi connectivity index (χ0v) is 16.5. The summed E-state index contributed by atoms with van der Waals surface area (Å²) in [5.74, 6) is 0.755. The molecular weight excluding hydrogens is 334 g/mol. The second-order valence-electron chi connectivity index (χ2n) is 9.21. The molecule has 2 bridgehead atoms. The summed E-state index contributed by atoms with van der Waals surface area (Å²) in [6, 6.07) is 14.6. The van der Waals surface area contributed by atoms with Crippen molar-refractivity contribution in [3.8, 4) is 0 Å². The van der Waals surface area contributed by atoms with Gasteiger partial charge in [0.2, 0.25) is 0 Å². The van der Waals surface area contributed by atoms with Crippen molar-refractivity contribution in [1.82, 2.24) is 15.5 Å². The number of hydrogen-bond acceptors (Lipinski definition) is 4. The lowest BCUT2D eigenvalue weighted by Gasteiger charge is -2.42. The Labute approximate surface area is 164 Å². The molecule has 148 valence electrons. The number of benzene rings is 1. The lowest BCUT2D eigenvalue weighted by molar-refractivity contribution is 0.0484. The molecule has 5 unspecified atom stereocenters. The van der Waals surface area contributed by atoms with Crippen molar-refractivity contribution in [2.75, 3.05) is 19.8 Å². The minimum atomic E-state index is 0.564. The summed E-state index contributed by atoms with van der Waals surface area (Å²) in [6.45, 7) is 3.95. The van der Waals surface area contributed by atoms with Crippen LogP contribution in [0.15, 0.2) is 30.3 Å². The molecule has 4 nitrogen and oxygen atoms in total. The minimum Gasteiger partial charge on any atom is -0.379 e. The number of morpholine rings is 1. The molecule has 0 aromatic heterocycles. The predicted octanol–water partition coefficient (Wildman–Crippen LogP) is 2.93. The van der Waals surface area contributed by atoms with Crippen LogP contribution in [0, 0.1) is 5.92 Å². The first-order valence-electron chi connectivity index (χ1n) is 11.2. The highest BCUT2D eigenvalue weighted by atomic mass is 16.5. The third-order valence-corrected chi connectivity index (χ3v) is 7.58. The van der Waals surface area contributed by atoms with E-state index in [1.165, 1.54) is 50.5 Å². The molecule has 0 amide bonds. The highest BCUT2D eigenvalue weighted by Crippen LogP contribution is 2.38. The Morgan fingerprint density at radius 1 is 1.04 bits per heavy atom. The molecule has 4 heteroatoms. The van der Waals surface area contributed by atoms with E-state index in [1.54, 1.807) is 0 Å². The first-order chi connectivity index (χ1) is 13.4. The molecule has 3 aliphatic heterocycles. The summed E-state index contributed by atoms with van der Waals surface area (Å²) < 4.78 is 5.75. The van der Waals surface area contributed by atoms with Gasteiger partial charge in [-0.05, 0) is 50.0 Å². The molecule has 1 aliphatic carbocycles. The third-order valence-electron chi connectivity index (χ3n) is 7.58. The van der Waals surface area contributed by atoms with E-state index in [-0.39, 0.29) is 0 Å². The average Bonchev–Trinajstić information content (AvgIpc) is 3.25. The van der Waals surface area contributed by atoms with Gasteiger partial charge in [0.05, 0.1) is 13.2 Å². The molecule has 3 heterocycles. The molecule has 4 aliphatic rings. The van der Waals surface area contributed by atoms with Crippen LogP contribution in [0.3, 0.4) is 0 Å². The van der Waals surface area contributed by atoms with Crippen molar-refractivity contribution in [2.45, 2.75) is 81.7 Å². The van der Waals surface area contributed by atoms with Gasteiger partial charge in [0.15, 0.2) is 0 Å². The van der Waals surface area contributed by atoms with E-state index in [1.807, 2.05) is 0 Å². The first-order valence-corrected chi connectivity index (χ1v) is 11.2. The first kappa shape index (κ1) is 18.1. The fourth-order valence-corrected chi connectivity index (χ4v) is 6.30. The van der Waals surface area contributed by atoms with Crippen molar-refractivity contribution in [1.29, 1.82) is 0 Å². The number of ether oxygens (including phenoxy) is 1. The van der Waals surface area contributed by atoms with Crippen molar-refractivity contribution in [3.05, 3.63) is 35.9 Å². The van der Waals surface area contributed by atoms with Crippen LogP contribution in [-0.2, 0) is 11.3 Å². The second-order valence-corrected chi connectivity index (χ2v) is 9.21. The van der Waals surface area contributed by atoms with Crippen LogP contribution in [0.25, 0.3) is 0 Å². The molecule has 0 spiro atoms. The van der Waals surface area contributed by atoms with Gasteiger partial charge in [0.25, 0.3) is 0 Å². The van der Waals surface area contributed by atoms with Gasteiger partial charge in [-0.1, -0.05) is 36.8 Å². The Bertz CT molecular complexity index is 589. The maximum Gasteiger partial charge on any atom is 0.0623 e. The van der Waals surface area contributed by atoms with Gasteiger partial charge in [0, 0.05) is 43.3 Å². The number of nitrogens with zero attached hydrogens (tertiary/aromatic N) is 1. The lowest BCUT2D eigenvalue weighted by atomic mass is 9.91. The normalized spacial score (nSPS) is 39.7. The van der Waals surface area contributed by atoms with Gasteiger partial charge in [-0.3, -0.25) is 4.90 Å². The van der Waals surface area contributed by atoms with E-state index in [0.29, 0.717) is 18.1 Å². The summed E-state index contributed by atoms with van der Waals surface area (Å²) in [5.41, 5.74) is 1.47. The van der Waals surface area contributed by atoms with E-state index in [4.69, 9.17) is 4.74 Å². The summed E-state index contributed by atoms with van der Waals surface area (Å²) in [4.78, 5) is 2.80. The molecule has 1 saturated carbocycles. The van der Waals surface area contributed by atoms with Crippen LogP contribution in [0.2, 0.25) is 0 Å². The van der Waals surface area contributed by atoms with Crippen LogP contribution >= 0.6 is 0 Å². The van der Waals surface area contributed by atoms with Crippen molar-refractivity contribution in [2.24, 2.45) is 5.92 Å². The van der Waals surface area contributed by atoms with Crippen LogP contribution in [0.5, 0.6) is 0 Å². The Kier molecular flexibility index (Phi) is 5.50. The molecular formula is C23H35N3O. The quantitative estimate of drug-likeness (QED) is 0.837. The zero-order chi connectivity index (χ0) is 18.1. The third kappa shape index (κ3) is 3.95. The SMILES string of the molecule is c1ccc(CN2C3CCC2CC(NC2CCCC2C2COCCN2)C3)cc1. The van der Waals surface area contributed by atoms with Gasteiger partial charge in [-0.2, -0.15) is 0 Å². The fourth-order valence-electron chi connectivity index (χ4n) is 6.30. The zero-order valence-electron chi connectivity index (χ0n) is 16.5. The number of hydrogen-bond donors (Lipinski definition) is 2. The standard InChI is InChI=1S/C23H35N3O/c1-2-5-17(6-3-1)15-26-19-9-10-20(26)14-18(13-19)25-22-8-4-7-21(22)23-16-27-12-11-24-23/h1-3,5-6,18-25H,4,7-16H2. The topological polar surface area (TPSA) is 36.5 Å². The molecule has 27 heavy (non-hydrogen) atoms. The van der Waals surface area contributed by atoms with Gasteiger partial charge in [-0.15, -0.1) is 0 Å². The Morgan fingerprint density at radius 2 is 1.85 bits per heavy atom. The average molecular weight is 370 g/mol. The second kappa shape index (κ2) is 8.20. The molecule has 2 N–H and O–H groups in total. The summed E-state index contributed by atoms with van der Waals surface area (Å²) in [5, 5.41) is 7.85. The molecule has 5 rings (SSSR count). The monoisotopic (exact) mass is 369 g/mol. The number of piperidine rings is 1. The number of nitrogens with one attached hydrogen (secondary N) is 2. The Balaban J connectivity index is 1.18. The van der Waals surface area contributed by atoms with Crippen molar-refractivity contribution < 1.29 is 4.74 Å². The van der Waals surface area contributed by atoms with E-state index in [2.05, 4.69) is 45.9 Å². The van der Waals surface area contributed by atoms with Crippen molar-refractivity contribution >= 4 is 0 Å². The van der Waals surface area contributed by atoms with Gasteiger partial charge in [-0.25, -0.2) is 0 Å². The minimum absolute atomic E-state index is 0.564. The molecule has 0 radical (unpaired) electrons. The van der Waals surface area contributed by atoms with E-state index in [0.717, 1.165) is 44.3 Å². The van der Waals surface area contributed by atoms with E-state index >= 15 is 0 Å². The number of rotatable bonds is 5. The lowest BCUT2D eigenvalue weighted by Crippen LogP contribution is -2.55. The van der Waals surface area contributed by atoms with Gasteiger partial charge >= 0.3 is 0 Å². The smallest absolute Gasteiger partial charge is 0.0623 e. The summed E-state index contributed by atoms with van der Waals surface area (Å²) >= 11 is 0. The van der Waals surface area contributed by atoms with E-state index < -0.39 is 0 Å². The van der Waals surface area contributed by atoms with E-state index in [9.17, 15) is 0 Å². The predicted molar refractivity (Wildman–Crippen MR) is 109 cm³/mol. The van der Waals surface area contributed by atoms with Gasteiger partial charge < -0.3 is 15.4 Å². The fraction of sp³-hybridized carbons (Fsp3) is 0.739. The Hall–Kier alpha value is -0.940. The molecule has 1 aromatic carbocycles. The van der Waals surface area contributed by atoms with Crippen molar-refractivity contribution in [3.63, 3.8) is 0 Å². The summed E-state index contributed by atoms with van der Waals surface area (Å²) in [7, 11) is 0. The highest BCUT2D eigenvalue weighted by molar-refractivity contribution is 5.16. The van der Waals surface area contributed by atoms with Gasteiger partial charge in [0.1, 0.15) is 0 Å². The van der Waals surface area contributed by atoms with Crippen LogP contribution in [-0.4, -0.2) is 54.9 Å². The largest absolute Gasteiger partial charge is 0.379 e. The number of fused-ring (bicyclic) bond motifs is 2. The van der Waals surface area contributed by atoms with Crippen LogP contribution in [0.4, 0.5) is 0 Å². The summed E-state index contributed by atoms with van der Waals surface area (Å²) in [6.07, 6.45) is 9.53. The molecule has 3 saturated heterocycles.